The van der Waals surface area contributed by atoms with E-state index < -0.39 is 11.5 Å². The van der Waals surface area contributed by atoms with E-state index in [1.165, 1.54) is 0 Å². The number of carboxylic acids is 1. The highest BCUT2D eigenvalue weighted by molar-refractivity contribution is 6.08. The molecule has 2 aromatic carbocycles. The minimum absolute atomic E-state index is 0.305. The molecule has 0 saturated heterocycles. The molecule has 2 N–H and O–H groups in total. The van der Waals surface area contributed by atoms with Crippen LogP contribution in [0.25, 0.3) is 10.8 Å². The van der Waals surface area contributed by atoms with Crippen molar-refractivity contribution in [1.82, 2.24) is 5.32 Å². The molecule has 0 aliphatic heterocycles. The van der Waals surface area contributed by atoms with Crippen LogP contribution in [0.2, 0.25) is 0 Å². The van der Waals surface area contributed by atoms with Gasteiger partial charge in [-0.2, -0.15) is 0 Å². The van der Waals surface area contributed by atoms with E-state index in [4.69, 9.17) is 0 Å². The number of fused-ring (bicyclic) bond motifs is 1. The Morgan fingerprint density at radius 1 is 0.955 bits per heavy atom. The summed E-state index contributed by atoms with van der Waals surface area (Å²) >= 11 is 0. The van der Waals surface area contributed by atoms with Crippen LogP contribution in [0.1, 0.15) is 42.5 Å². The molecular formula is C18H19NO3. The highest BCUT2D eigenvalue weighted by Gasteiger charge is 2.41. The van der Waals surface area contributed by atoms with Crippen molar-refractivity contribution in [2.24, 2.45) is 0 Å². The smallest absolute Gasteiger partial charge is 0.329 e. The second-order valence-corrected chi connectivity index (χ2v) is 5.93. The summed E-state index contributed by atoms with van der Waals surface area (Å²) in [4.78, 5) is 24.4. The summed E-state index contributed by atoms with van der Waals surface area (Å²) in [6.07, 6.45) is 3.70. The first-order valence-corrected chi connectivity index (χ1v) is 7.66. The standard InChI is InChI=1S/C18H19NO3/c20-16(19-18(17(21)22)11-4-1-5-12-18)15-10-6-8-13-7-2-3-9-14(13)15/h2-3,6-10H,1,4-5,11-12H2,(H,19,20)(H,21,22). The van der Waals surface area contributed by atoms with Crippen molar-refractivity contribution >= 4 is 22.6 Å². The number of hydrogen-bond acceptors (Lipinski definition) is 2. The van der Waals surface area contributed by atoms with E-state index in [0.29, 0.717) is 18.4 Å². The second-order valence-electron chi connectivity index (χ2n) is 5.93. The van der Waals surface area contributed by atoms with E-state index in [1.54, 1.807) is 6.07 Å². The summed E-state index contributed by atoms with van der Waals surface area (Å²) < 4.78 is 0. The number of nitrogens with one attached hydrogen (secondary N) is 1. The molecule has 114 valence electrons. The molecule has 0 atom stereocenters. The molecule has 0 heterocycles. The van der Waals surface area contributed by atoms with Crippen molar-refractivity contribution in [3.8, 4) is 0 Å². The van der Waals surface area contributed by atoms with Gasteiger partial charge in [0.2, 0.25) is 0 Å². The first-order valence-electron chi connectivity index (χ1n) is 7.66. The summed E-state index contributed by atoms with van der Waals surface area (Å²) in [5.41, 5.74) is -0.587. The van der Waals surface area contributed by atoms with Crippen LogP contribution >= 0.6 is 0 Å². The molecule has 4 heteroatoms. The van der Waals surface area contributed by atoms with Crippen molar-refractivity contribution in [2.45, 2.75) is 37.6 Å². The Bertz CT molecular complexity index is 712. The maximum absolute atomic E-state index is 12.7. The van der Waals surface area contributed by atoms with E-state index in [1.807, 2.05) is 36.4 Å². The molecule has 4 nitrogen and oxygen atoms in total. The van der Waals surface area contributed by atoms with Gasteiger partial charge in [-0.15, -0.1) is 0 Å². The van der Waals surface area contributed by atoms with Crippen molar-refractivity contribution in [3.63, 3.8) is 0 Å². The van der Waals surface area contributed by atoms with Gasteiger partial charge in [0.05, 0.1) is 0 Å². The monoisotopic (exact) mass is 297 g/mol. The lowest BCUT2D eigenvalue weighted by molar-refractivity contribution is -0.145. The third-order valence-corrected chi connectivity index (χ3v) is 4.50. The lowest BCUT2D eigenvalue weighted by atomic mass is 9.81. The van der Waals surface area contributed by atoms with Gasteiger partial charge in [0.25, 0.3) is 5.91 Å². The third kappa shape index (κ3) is 2.56. The topological polar surface area (TPSA) is 66.4 Å². The van der Waals surface area contributed by atoms with Crippen molar-refractivity contribution in [3.05, 3.63) is 48.0 Å². The Balaban J connectivity index is 1.94. The lowest BCUT2D eigenvalue weighted by Crippen LogP contribution is -2.55. The summed E-state index contributed by atoms with van der Waals surface area (Å²) in [6.45, 7) is 0. The molecule has 0 spiro atoms. The van der Waals surface area contributed by atoms with Crippen molar-refractivity contribution in [2.75, 3.05) is 0 Å². The number of rotatable bonds is 3. The SMILES string of the molecule is O=C(NC1(C(=O)O)CCCCC1)c1cccc2ccccc12. The Labute approximate surface area is 129 Å². The van der Waals surface area contributed by atoms with Crippen LogP contribution in [0.3, 0.4) is 0 Å². The molecular weight excluding hydrogens is 278 g/mol. The Kier molecular flexibility index (Phi) is 3.84. The van der Waals surface area contributed by atoms with Crippen LogP contribution in [-0.2, 0) is 4.79 Å². The molecule has 22 heavy (non-hydrogen) atoms. The van der Waals surface area contributed by atoms with Crippen LogP contribution in [-0.4, -0.2) is 22.5 Å². The van der Waals surface area contributed by atoms with Gasteiger partial charge in [-0.3, -0.25) is 4.79 Å². The Morgan fingerprint density at radius 2 is 1.64 bits per heavy atom. The minimum Gasteiger partial charge on any atom is -0.480 e. The number of carbonyl (C=O) groups excluding carboxylic acids is 1. The Morgan fingerprint density at radius 3 is 2.36 bits per heavy atom. The fourth-order valence-electron chi connectivity index (χ4n) is 3.26. The second kappa shape index (κ2) is 5.79. The van der Waals surface area contributed by atoms with Crippen LogP contribution in [0.5, 0.6) is 0 Å². The van der Waals surface area contributed by atoms with E-state index in [2.05, 4.69) is 5.32 Å². The quantitative estimate of drug-likeness (QED) is 0.913. The average molecular weight is 297 g/mol. The summed E-state index contributed by atoms with van der Waals surface area (Å²) in [5.74, 6) is -1.23. The molecule has 0 bridgehead atoms. The number of aliphatic carboxylic acids is 1. The molecule has 1 amide bonds. The summed E-state index contributed by atoms with van der Waals surface area (Å²) in [7, 11) is 0. The number of hydrogen-bond donors (Lipinski definition) is 2. The fourth-order valence-corrected chi connectivity index (χ4v) is 3.26. The van der Waals surface area contributed by atoms with E-state index in [9.17, 15) is 14.7 Å². The largest absolute Gasteiger partial charge is 0.480 e. The van der Waals surface area contributed by atoms with Gasteiger partial charge >= 0.3 is 5.97 Å². The molecule has 1 saturated carbocycles. The molecule has 0 aromatic heterocycles. The van der Waals surface area contributed by atoms with Crippen LogP contribution in [0.4, 0.5) is 0 Å². The van der Waals surface area contributed by atoms with Gasteiger partial charge in [-0.1, -0.05) is 55.7 Å². The number of carbonyl (C=O) groups is 2. The third-order valence-electron chi connectivity index (χ3n) is 4.50. The zero-order valence-electron chi connectivity index (χ0n) is 12.3. The number of carboxylic acid groups (broad SMARTS) is 1. The van der Waals surface area contributed by atoms with Gasteiger partial charge in [0, 0.05) is 5.56 Å². The van der Waals surface area contributed by atoms with Gasteiger partial charge in [-0.25, -0.2) is 4.79 Å². The first-order chi connectivity index (χ1) is 10.6. The van der Waals surface area contributed by atoms with E-state index >= 15 is 0 Å². The van der Waals surface area contributed by atoms with Crippen LogP contribution in [0.15, 0.2) is 42.5 Å². The van der Waals surface area contributed by atoms with Gasteiger partial charge in [0.15, 0.2) is 0 Å². The zero-order valence-corrected chi connectivity index (χ0v) is 12.3. The first kappa shape index (κ1) is 14.6. The normalized spacial score (nSPS) is 17.1. The molecule has 2 aromatic rings. The maximum Gasteiger partial charge on any atom is 0.329 e. The predicted octanol–water partition coefficient (Wildman–Crippen LogP) is 3.36. The highest BCUT2D eigenvalue weighted by atomic mass is 16.4. The van der Waals surface area contributed by atoms with Crippen molar-refractivity contribution in [1.29, 1.82) is 0 Å². The predicted molar refractivity (Wildman–Crippen MR) is 84.9 cm³/mol. The van der Waals surface area contributed by atoms with Crippen LogP contribution < -0.4 is 5.32 Å². The molecule has 1 fully saturated rings. The molecule has 0 unspecified atom stereocenters. The van der Waals surface area contributed by atoms with E-state index in [0.717, 1.165) is 30.0 Å². The lowest BCUT2D eigenvalue weighted by Gasteiger charge is -2.34. The molecule has 0 radical (unpaired) electrons. The van der Waals surface area contributed by atoms with Gasteiger partial charge in [0.1, 0.15) is 5.54 Å². The molecule has 1 aliphatic carbocycles. The number of amides is 1. The minimum atomic E-state index is -1.12. The molecule has 3 rings (SSSR count). The Hall–Kier alpha value is -2.36. The summed E-state index contributed by atoms with van der Waals surface area (Å²) in [6, 6.07) is 13.1. The van der Waals surface area contributed by atoms with Gasteiger partial charge in [-0.05, 0) is 29.7 Å². The highest BCUT2D eigenvalue weighted by Crippen LogP contribution is 2.29. The molecule has 1 aliphatic rings. The summed E-state index contributed by atoms with van der Waals surface area (Å²) in [5, 5.41) is 14.2. The van der Waals surface area contributed by atoms with E-state index in [-0.39, 0.29) is 5.91 Å². The van der Waals surface area contributed by atoms with Crippen molar-refractivity contribution < 1.29 is 14.7 Å². The fraction of sp³-hybridized carbons (Fsp3) is 0.333. The average Bonchev–Trinajstić information content (AvgIpc) is 2.55. The van der Waals surface area contributed by atoms with Gasteiger partial charge < -0.3 is 10.4 Å². The number of benzene rings is 2. The maximum atomic E-state index is 12.7. The van der Waals surface area contributed by atoms with Crippen LogP contribution in [0, 0.1) is 0 Å². The zero-order chi connectivity index (χ0) is 15.6.